The van der Waals surface area contributed by atoms with Gasteiger partial charge in [0.25, 0.3) is 5.91 Å². The minimum Gasteiger partial charge on any atom is -0.454 e. The van der Waals surface area contributed by atoms with E-state index in [-0.39, 0.29) is 25.9 Å². The van der Waals surface area contributed by atoms with Gasteiger partial charge >= 0.3 is 0 Å². The molecule has 6 nitrogen and oxygen atoms in total. The lowest BCUT2D eigenvalue weighted by Gasteiger charge is -2.20. The minimum absolute atomic E-state index is 0.178. The molecule has 2 aliphatic heterocycles. The summed E-state index contributed by atoms with van der Waals surface area (Å²) < 4.78 is 15.5. The predicted octanol–water partition coefficient (Wildman–Crippen LogP) is 0.296. The van der Waals surface area contributed by atoms with E-state index in [0.29, 0.717) is 30.1 Å². The second kappa shape index (κ2) is 4.71. The number of hydrogen-bond donors (Lipinski definition) is 2. The zero-order chi connectivity index (χ0) is 13.3. The molecule has 3 rings (SSSR count). The third-order valence-corrected chi connectivity index (χ3v) is 3.30. The summed E-state index contributed by atoms with van der Waals surface area (Å²) in [6.07, 6.45) is 0.536. The molecule has 1 unspecified atom stereocenters. The van der Waals surface area contributed by atoms with Crippen molar-refractivity contribution in [1.82, 2.24) is 5.32 Å². The molecule has 0 aliphatic carbocycles. The average Bonchev–Trinajstić information content (AvgIpc) is 3.04. The van der Waals surface area contributed by atoms with Gasteiger partial charge in [0.15, 0.2) is 11.5 Å². The summed E-state index contributed by atoms with van der Waals surface area (Å²) in [5.41, 5.74) is -0.474. The monoisotopic (exact) mass is 265 g/mol. The summed E-state index contributed by atoms with van der Waals surface area (Å²) in [5.74, 6) is 0.952. The van der Waals surface area contributed by atoms with Gasteiger partial charge in [-0.1, -0.05) is 0 Å². The van der Waals surface area contributed by atoms with E-state index in [4.69, 9.17) is 14.2 Å². The lowest BCUT2D eigenvalue weighted by Crippen LogP contribution is -2.43. The first-order chi connectivity index (χ1) is 9.16. The van der Waals surface area contributed by atoms with Gasteiger partial charge in [0, 0.05) is 25.1 Å². The molecule has 1 aromatic rings. The third-order valence-electron chi connectivity index (χ3n) is 3.30. The molecule has 1 amide bonds. The van der Waals surface area contributed by atoms with Gasteiger partial charge in [0.2, 0.25) is 6.79 Å². The number of benzene rings is 1. The maximum Gasteiger partial charge on any atom is 0.251 e. The van der Waals surface area contributed by atoms with Crippen molar-refractivity contribution >= 4 is 5.91 Å². The lowest BCUT2D eigenvalue weighted by atomic mass is 10.0. The number of amides is 1. The molecule has 19 heavy (non-hydrogen) atoms. The lowest BCUT2D eigenvalue weighted by molar-refractivity contribution is 0.0264. The van der Waals surface area contributed by atoms with E-state index in [2.05, 4.69) is 5.32 Å². The molecule has 0 aromatic heterocycles. The van der Waals surface area contributed by atoms with Crippen molar-refractivity contribution < 1.29 is 24.1 Å². The van der Waals surface area contributed by atoms with E-state index < -0.39 is 5.60 Å². The van der Waals surface area contributed by atoms with Crippen LogP contribution in [0, 0.1) is 0 Å². The number of aliphatic hydroxyl groups is 1. The Hall–Kier alpha value is -1.79. The first-order valence-electron chi connectivity index (χ1n) is 6.14. The molecule has 0 radical (unpaired) electrons. The number of rotatable bonds is 3. The predicted molar refractivity (Wildman–Crippen MR) is 65.3 cm³/mol. The van der Waals surface area contributed by atoms with E-state index in [1.165, 1.54) is 0 Å². The fourth-order valence-corrected chi connectivity index (χ4v) is 2.12. The Bertz CT molecular complexity index is 496. The van der Waals surface area contributed by atoms with Crippen LogP contribution in [0.2, 0.25) is 0 Å². The first kappa shape index (κ1) is 12.3. The molecule has 2 heterocycles. The molecule has 102 valence electrons. The topological polar surface area (TPSA) is 77.0 Å². The highest BCUT2D eigenvalue weighted by molar-refractivity contribution is 5.95. The van der Waals surface area contributed by atoms with Gasteiger partial charge in [0.1, 0.15) is 5.60 Å². The molecule has 1 aromatic carbocycles. The van der Waals surface area contributed by atoms with Crippen molar-refractivity contribution in [3.05, 3.63) is 23.8 Å². The van der Waals surface area contributed by atoms with Crippen molar-refractivity contribution in [3.63, 3.8) is 0 Å². The van der Waals surface area contributed by atoms with Crippen molar-refractivity contribution in [1.29, 1.82) is 0 Å². The Balaban J connectivity index is 1.64. The van der Waals surface area contributed by atoms with Crippen molar-refractivity contribution in [2.24, 2.45) is 0 Å². The molecule has 1 fully saturated rings. The van der Waals surface area contributed by atoms with Crippen LogP contribution in [-0.2, 0) is 4.74 Å². The SMILES string of the molecule is O=C(NCC1(O)CCOC1)c1ccc2c(c1)OCO2. The average molecular weight is 265 g/mol. The second-order valence-electron chi connectivity index (χ2n) is 4.78. The van der Waals surface area contributed by atoms with Crippen LogP contribution in [0.15, 0.2) is 18.2 Å². The Morgan fingerprint density at radius 2 is 2.21 bits per heavy atom. The number of carbonyl (C=O) groups is 1. The highest BCUT2D eigenvalue weighted by atomic mass is 16.7. The molecule has 2 aliphatic rings. The van der Waals surface area contributed by atoms with Crippen molar-refractivity contribution in [2.45, 2.75) is 12.0 Å². The molecule has 6 heteroatoms. The normalized spacial score (nSPS) is 24.5. The third kappa shape index (κ3) is 2.50. The fourth-order valence-electron chi connectivity index (χ4n) is 2.12. The van der Waals surface area contributed by atoms with Crippen LogP contribution in [0.5, 0.6) is 11.5 Å². The van der Waals surface area contributed by atoms with E-state index in [1.54, 1.807) is 18.2 Å². The standard InChI is InChI=1S/C13H15NO5/c15-12(14-6-13(16)3-4-17-7-13)9-1-2-10-11(5-9)19-8-18-10/h1-2,5,16H,3-4,6-8H2,(H,14,15). The molecular formula is C13H15NO5. The van der Waals surface area contributed by atoms with E-state index in [0.717, 1.165) is 0 Å². The second-order valence-corrected chi connectivity index (χ2v) is 4.78. The van der Waals surface area contributed by atoms with E-state index in [9.17, 15) is 9.90 Å². The number of hydrogen-bond acceptors (Lipinski definition) is 5. The molecule has 1 atom stereocenters. The number of ether oxygens (including phenoxy) is 3. The smallest absolute Gasteiger partial charge is 0.251 e. The quantitative estimate of drug-likeness (QED) is 0.821. The van der Waals surface area contributed by atoms with Crippen LogP contribution >= 0.6 is 0 Å². The van der Waals surface area contributed by atoms with Crippen LogP contribution in [0.1, 0.15) is 16.8 Å². The van der Waals surface area contributed by atoms with Gasteiger partial charge in [-0.3, -0.25) is 4.79 Å². The van der Waals surface area contributed by atoms with Crippen LogP contribution in [0.25, 0.3) is 0 Å². The molecule has 2 N–H and O–H groups in total. The van der Waals surface area contributed by atoms with E-state index >= 15 is 0 Å². The maximum absolute atomic E-state index is 12.0. The Morgan fingerprint density at radius 1 is 1.37 bits per heavy atom. The molecule has 0 spiro atoms. The van der Waals surface area contributed by atoms with Gasteiger partial charge < -0.3 is 24.6 Å². The maximum atomic E-state index is 12.0. The molecule has 0 bridgehead atoms. The van der Waals surface area contributed by atoms with Crippen LogP contribution < -0.4 is 14.8 Å². The fraction of sp³-hybridized carbons (Fsp3) is 0.462. The largest absolute Gasteiger partial charge is 0.454 e. The Morgan fingerprint density at radius 3 is 3.00 bits per heavy atom. The van der Waals surface area contributed by atoms with Gasteiger partial charge in [0.05, 0.1) is 6.61 Å². The zero-order valence-electron chi connectivity index (χ0n) is 10.3. The van der Waals surface area contributed by atoms with Gasteiger partial charge in [-0.15, -0.1) is 0 Å². The van der Waals surface area contributed by atoms with E-state index in [1.807, 2.05) is 0 Å². The summed E-state index contributed by atoms with van der Waals surface area (Å²) in [6, 6.07) is 5.00. The van der Waals surface area contributed by atoms with Gasteiger partial charge in [-0.2, -0.15) is 0 Å². The number of nitrogens with one attached hydrogen (secondary N) is 1. The van der Waals surface area contributed by atoms with Gasteiger partial charge in [-0.25, -0.2) is 0 Å². The van der Waals surface area contributed by atoms with Crippen molar-refractivity contribution in [2.75, 3.05) is 26.6 Å². The molecular weight excluding hydrogens is 250 g/mol. The van der Waals surface area contributed by atoms with Gasteiger partial charge in [-0.05, 0) is 18.2 Å². The first-order valence-corrected chi connectivity index (χ1v) is 6.14. The molecule has 1 saturated heterocycles. The number of carbonyl (C=O) groups excluding carboxylic acids is 1. The summed E-state index contributed by atoms with van der Waals surface area (Å²) in [7, 11) is 0. The summed E-state index contributed by atoms with van der Waals surface area (Å²) in [6.45, 7) is 1.14. The highest BCUT2D eigenvalue weighted by Crippen LogP contribution is 2.32. The van der Waals surface area contributed by atoms with Crippen molar-refractivity contribution in [3.8, 4) is 11.5 Å². The Kier molecular flexibility index (Phi) is 3.04. The summed E-state index contributed by atoms with van der Waals surface area (Å²) >= 11 is 0. The van der Waals surface area contributed by atoms with Crippen LogP contribution in [0.4, 0.5) is 0 Å². The van der Waals surface area contributed by atoms with Crippen LogP contribution in [-0.4, -0.2) is 43.2 Å². The number of fused-ring (bicyclic) bond motifs is 1. The highest BCUT2D eigenvalue weighted by Gasteiger charge is 2.32. The summed E-state index contributed by atoms with van der Waals surface area (Å²) in [5, 5.41) is 12.8. The zero-order valence-corrected chi connectivity index (χ0v) is 10.3. The summed E-state index contributed by atoms with van der Waals surface area (Å²) in [4.78, 5) is 12.0. The molecule has 0 saturated carbocycles. The van der Waals surface area contributed by atoms with Crippen LogP contribution in [0.3, 0.4) is 0 Å². The minimum atomic E-state index is -0.952. The Labute approximate surface area is 110 Å².